The Morgan fingerprint density at radius 2 is 1.89 bits per heavy atom. The summed E-state index contributed by atoms with van der Waals surface area (Å²) >= 11 is 6.07. The van der Waals surface area contributed by atoms with Gasteiger partial charge in [-0.15, -0.1) is 11.6 Å². The highest BCUT2D eigenvalue weighted by molar-refractivity contribution is 6.17. The summed E-state index contributed by atoms with van der Waals surface area (Å²) in [5.74, 6) is 1.44. The first-order valence-electron chi connectivity index (χ1n) is 7.41. The fraction of sp³-hybridized carbons (Fsp3) is 0.647. The molecule has 0 saturated carbocycles. The van der Waals surface area contributed by atoms with Crippen LogP contribution in [0, 0.1) is 11.3 Å². The molecule has 0 spiro atoms. The van der Waals surface area contributed by atoms with Crippen LogP contribution in [-0.2, 0) is 5.88 Å². The third-order valence-electron chi connectivity index (χ3n) is 4.43. The van der Waals surface area contributed by atoms with Crippen LogP contribution in [0.15, 0.2) is 24.3 Å². The average molecular weight is 280 g/mol. The van der Waals surface area contributed by atoms with E-state index in [1.165, 1.54) is 37.1 Å². The third kappa shape index (κ3) is 3.66. The first-order valence-corrected chi connectivity index (χ1v) is 7.94. The second-order valence-electron chi connectivity index (χ2n) is 6.74. The lowest BCUT2D eigenvalue weighted by Gasteiger charge is -2.30. The van der Waals surface area contributed by atoms with Crippen molar-refractivity contribution in [3.63, 3.8) is 0 Å². The molecule has 1 aromatic rings. The van der Waals surface area contributed by atoms with Crippen molar-refractivity contribution in [3.8, 4) is 0 Å². The molecular weight excluding hydrogens is 254 g/mol. The summed E-state index contributed by atoms with van der Waals surface area (Å²) in [6, 6.07) is 8.57. The number of rotatable bonds is 2. The maximum absolute atomic E-state index is 6.07. The molecule has 0 bridgehead atoms. The zero-order valence-corrected chi connectivity index (χ0v) is 13.2. The van der Waals surface area contributed by atoms with Gasteiger partial charge < -0.3 is 4.90 Å². The van der Waals surface area contributed by atoms with E-state index in [0.717, 1.165) is 12.5 Å². The first-order chi connectivity index (χ1) is 9.02. The van der Waals surface area contributed by atoms with Crippen molar-refractivity contribution >= 4 is 17.3 Å². The number of hydrogen-bond donors (Lipinski definition) is 0. The molecule has 1 unspecified atom stereocenters. The van der Waals surface area contributed by atoms with Gasteiger partial charge in [-0.3, -0.25) is 0 Å². The number of alkyl halides is 1. The van der Waals surface area contributed by atoms with Crippen molar-refractivity contribution in [2.75, 3.05) is 18.0 Å². The van der Waals surface area contributed by atoms with Crippen molar-refractivity contribution in [1.29, 1.82) is 0 Å². The van der Waals surface area contributed by atoms with Crippen LogP contribution in [0.2, 0.25) is 0 Å². The lowest BCUT2D eigenvalue weighted by atomic mass is 9.77. The number of hydrogen-bond acceptors (Lipinski definition) is 1. The molecule has 1 atom stereocenters. The fourth-order valence-electron chi connectivity index (χ4n) is 3.14. The van der Waals surface area contributed by atoms with Gasteiger partial charge in [-0.2, -0.15) is 0 Å². The summed E-state index contributed by atoms with van der Waals surface area (Å²) in [5.41, 5.74) is 3.03. The molecule has 1 aliphatic rings. The summed E-state index contributed by atoms with van der Waals surface area (Å²) in [6.45, 7) is 9.45. The van der Waals surface area contributed by atoms with E-state index >= 15 is 0 Å². The van der Waals surface area contributed by atoms with E-state index in [0.29, 0.717) is 11.3 Å². The maximum atomic E-state index is 6.07. The van der Waals surface area contributed by atoms with Crippen LogP contribution in [0.25, 0.3) is 0 Å². The van der Waals surface area contributed by atoms with E-state index in [9.17, 15) is 0 Å². The molecule has 106 valence electrons. The van der Waals surface area contributed by atoms with Crippen LogP contribution in [0.1, 0.15) is 45.6 Å². The minimum atomic E-state index is 0.433. The lowest BCUT2D eigenvalue weighted by Crippen LogP contribution is -2.26. The summed E-state index contributed by atoms with van der Waals surface area (Å²) in [4.78, 5) is 2.53. The zero-order valence-electron chi connectivity index (χ0n) is 12.5. The van der Waals surface area contributed by atoms with E-state index in [-0.39, 0.29) is 0 Å². The Labute approximate surface area is 123 Å². The first kappa shape index (κ1) is 14.7. The summed E-state index contributed by atoms with van der Waals surface area (Å²) < 4.78 is 0. The minimum absolute atomic E-state index is 0.433. The van der Waals surface area contributed by atoms with E-state index in [1.54, 1.807) is 0 Å². The second kappa shape index (κ2) is 6.17. The average Bonchev–Trinajstić information content (AvgIpc) is 2.64. The Morgan fingerprint density at radius 1 is 1.16 bits per heavy atom. The molecule has 1 aromatic carbocycles. The van der Waals surface area contributed by atoms with Gasteiger partial charge in [-0.1, -0.05) is 39.0 Å². The highest BCUT2D eigenvalue weighted by atomic mass is 35.5. The van der Waals surface area contributed by atoms with Gasteiger partial charge in [0, 0.05) is 24.7 Å². The van der Waals surface area contributed by atoms with Gasteiger partial charge in [0.2, 0.25) is 0 Å². The predicted octanol–water partition coefficient (Wildman–Crippen LogP) is 5.08. The standard InChI is InChI=1S/C17H26ClN/c1-17(2,3)15-8-6-11-19(12-10-15)16-9-5-4-7-14(16)13-18/h4-5,7,9,15H,6,8,10-13H2,1-3H3. The van der Waals surface area contributed by atoms with Gasteiger partial charge in [0.25, 0.3) is 0 Å². The summed E-state index contributed by atoms with van der Waals surface area (Å²) in [6.07, 6.45) is 3.93. The third-order valence-corrected chi connectivity index (χ3v) is 4.72. The molecule has 1 nitrogen and oxygen atoms in total. The van der Waals surface area contributed by atoms with Crippen LogP contribution in [0.3, 0.4) is 0 Å². The zero-order chi connectivity index (χ0) is 13.9. The van der Waals surface area contributed by atoms with Crippen LogP contribution >= 0.6 is 11.6 Å². The van der Waals surface area contributed by atoms with Crippen LogP contribution in [0.4, 0.5) is 5.69 Å². The minimum Gasteiger partial charge on any atom is -0.371 e. The normalized spacial score (nSPS) is 21.3. The van der Waals surface area contributed by atoms with Crippen molar-refractivity contribution in [1.82, 2.24) is 0 Å². The van der Waals surface area contributed by atoms with Gasteiger partial charge in [-0.05, 0) is 42.2 Å². The molecule has 1 aliphatic heterocycles. The smallest absolute Gasteiger partial charge is 0.0494 e. The van der Waals surface area contributed by atoms with E-state index in [2.05, 4.69) is 49.9 Å². The molecule has 0 aliphatic carbocycles. The van der Waals surface area contributed by atoms with E-state index in [1.807, 2.05) is 0 Å². The Balaban J connectivity index is 2.11. The highest BCUT2D eigenvalue weighted by Gasteiger charge is 2.27. The Bertz CT molecular complexity index is 408. The molecule has 19 heavy (non-hydrogen) atoms. The fourth-order valence-corrected chi connectivity index (χ4v) is 3.36. The quantitative estimate of drug-likeness (QED) is 0.683. The molecule has 2 heteroatoms. The molecule has 0 radical (unpaired) electrons. The van der Waals surface area contributed by atoms with E-state index < -0.39 is 0 Å². The van der Waals surface area contributed by atoms with Crippen LogP contribution in [0.5, 0.6) is 0 Å². The monoisotopic (exact) mass is 279 g/mol. The molecular formula is C17H26ClN. The molecule has 0 N–H and O–H groups in total. The van der Waals surface area contributed by atoms with Gasteiger partial charge in [0.05, 0.1) is 0 Å². The van der Waals surface area contributed by atoms with Gasteiger partial charge in [-0.25, -0.2) is 0 Å². The molecule has 0 amide bonds. The van der Waals surface area contributed by atoms with Gasteiger partial charge in [0.1, 0.15) is 0 Å². The second-order valence-corrected chi connectivity index (χ2v) is 7.01. The molecule has 0 aromatic heterocycles. The van der Waals surface area contributed by atoms with Crippen molar-refractivity contribution in [2.24, 2.45) is 11.3 Å². The predicted molar refractivity (Wildman–Crippen MR) is 85.0 cm³/mol. The highest BCUT2D eigenvalue weighted by Crippen LogP contribution is 2.35. The van der Waals surface area contributed by atoms with Crippen molar-refractivity contribution in [2.45, 2.75) is 45.9 Å². The van der Waals surface area contributed by atoms with Crippen LogP contribution in [-0.4, -0.2) is 13.1 Å². The number of para-hydroxylation sites is 1. The van der Waals surface area contributed by atoms with Crippen LogP contribution < -0.4 is 4.90 Å². The summed E-state index contributed by atoms with van der Waals surface area (Å²) in [5, 5.41) is 0. The number of benzene rings is 1. The topological polar surface area (TPSA) is 3.24 Å². The van der Waals surface area contributed by atoms with Gasteiger partial charge in [0.15, 0.2) is 0 Å². The number of nitrogens with zero attached hydrogens (tertiary/aromatic N) is 1. The van der Waals surface area contributed by atoms with E-state index in [4.69, 9.17) is 11.6 Å². The molecule has 1 heterocycles. The SMILES string of the molecule is CC(C)(C)C1CCCN(c2ccccc2CCl)CC1. The van der Waals surface area contributed by atoms with Crippen molar-refractivity contribution < 1.29 is 0 Å². The molecule has 1 fully saturated rings. The largest absolute Gasteiger partial charge is 0.371 e. The van der Waals surface area contributed by atoms with Gasteiger partial charge >= 0.3 is 0 Å². The lowest BCUT2D eigenvalue weighted by molar-refractivity contribution is 0.220. The van der Waals surface area contributed by atoms with Crippen molar-refractivity contribution in [3.05, 3.63) is 29.8 Å². The maximum Gasteiger partial charge on any atom is 0.0494 e. The number of anilines is 1. The summed E-state index contributed by atoms with van der Waals surface area (Å²) in [7, 11) is 0. The number of halogens is 1. The Hall–Kier alpha value is -0.690. The Kier molecular flexibility index (Phi) is 4.78. The molecule has 2 rings (SSSR count). The molecule has 1 saturated heterocycles. The Morgan fingerprint density at radius 3 is 2.58 bits per heavy atom.